The lowest BCUT2D eigenvalue weighted by Gasteiger charge is -2.32. The van der Waals surface area contributed by atoms with Crippen molar-refractivity contribution in [3.8, 4) is 5.88 Å². The van der Waals surface area contributed by atoms with Crippen molar-refractivity contribution in [3.05, 3.63) is 36.3 Å². The van der Waals surface area contributed by atoms with E-state index in [1.807, 2.05) is 11.0 Å². The average molecular weight is 301 g/mol. The van der Waals surface area contributed by atoms with E-state index in [4.69, 9.17) is 4.74 Å². The van der Waals surface area contributed by atoms with Crippen LogP contribution in [0.1, 0.15) is 23.3 Å². The summed E-state index contributed by atoms with van der Waals surface area (Å²) in [6, 6.07) is 5.61. The zero-order chi connectivity index (χ0) is 15.4. The molecule has 0 unspecified atom stereocenters. The molecule has 0 bridgehead atoms. The van der Waals surface area contributed by atoms with E-state index in [0.717, 1.165) is 25.9 Å². The number of methoxy groups -OCH3 is 1. The molecule has 2 N–H and O–H groups in total. The number of piperidine rings is 1. The number of aromatic nitrogens is 3. The Kier molecular flexibility index (Phi) is 4.22. The lowest BCUT2D eigenvalue weighted by molar-refractivity contribution is 0.0713. The van der Waals surface area contributed by atoms with E-state index in [1.54, 1.807) is 31.6 Å². The molecule has 1 aliphatic heterocycles. The van der Waals surface area contributed by atoms with Gasteiger partial charge in [-0.05, 0) is 25.0 Å². The molecule has 7 heteroatoms. The number of nitrogens with zero attached hydrogens (tertiary/aromatic N) is 3. The van der Waals surface area contributed by atoms with Gasteiger partial charge >= 0.3 is 0 Å². The first-order valence-electron chi connectivity index (χ1n) is 7.32. The number of carbonyl (C=O) groups excluding carboxylic acids is 1. The Bertz CT molecular complexity index is 621. The minimum atomic E-state index is 0.0566. The van der Waals surface area contributed by atoms with Gasteiger partial charge in [0.2, 0.25) is 11.8 Å². The first-order valence-corrected chi connectivity index (χ1v) is 7.32. The number of carbonyl (C=O) groups is 1. The number of ether oxygens (including phenoxy) is 1. The van der Waals surface area contributed by atoms with Crippen molar-refractivity contribution in [2.75, 3.05) is 25.5 Å². The predicted molar refractivity (Wildman–Crippen MR) is 81.9 cm³/mol. The summed E-state index contributed by atoms with van der Waals surface area (Å²) in [5.74, 6) is 1.16. The van der Waals surface area contributed by atoms with Crippen LogP contribution in [-0.2, 0) is 0 Å². The van der Waals surface area contributed by atoms with E-state index in [1.165, 1.54) is 0 Å². The third kappa shape index (κ3) is 3.19. The Morgan fingerprint density at radius 2 is 2.23 bits per heavy atom. The Balaban J connectivity index is 1.54. The van der Waals surface area contributed by atoms with Gasteiger partial charge in [0.25, 0.3) is 5.91 Å². The molecule has 2 aromatic rings. The van der Waals surface area contributed by atoms with Gasteiger partial charge in [-0.2, -0.15) is 4.98 Å². The maximum Gasteiger partial charge on any atom is 0.270 e. The second kappa shape index (κ2) is 6.46. The van der Waals surface area contributed by atoms with Gasteiger partial charge in [-0.15, -0.1) is 0 Å². The highest BCUT2D eigenvalue weighted by atomic mass is 16.5. The Hall–Kier alpha value is -2.57. The number of rotatable bonds is 4. The Morgan fingerprint density at radius 3 is 2.91 bits per heavy atom. The fourth-order valence-electron chi connectivity index (χ4n) is 2.57. The first kappa shape index (κ1) is 14.4. The minimum absolute atomic E-state index is 0.0566. The number of hydrogen-bond donors (Lipinski definition) is 2. The Morgan fingerprint density at radius 1 is 1.41 bits per heavy atom. The molecule has 116 valence electrons. The van der Waals surface area contributed by atoms with E-state index in [0.29, 0.717) is 17.5 Å². The van der Waals surface area contributed by atoms with Crippen LogP contribution in [0.5, 0.6) is 5.88 Å². The second-order valence-corrected chi connectivity index (χ2v) is 5.22. The van der Waals surface area contributed by atoms with Crippen molar-refractivity contribution in [3.63, 3.8) is 0 Å². The molecule has 0 aromatic carbocycles. The van der Waals surface area contributed by atoms with Gasteiger partial charge < -0.3 is 19.9 Å². The SMILES string of the molecule is COc1ccnc(NC2CCN(C(=O)c3ccc[nH]3)CC2)n1. The lowest BCUT2D eigenvalue weighted by Crippen LogP contribution is -2.42. The molecule has 2 aromatic heterocycles. The molecule has 3 rings (SSSR count). The molecule has 0 spiro atoms. The second-order valence-electron chi connectivity index (χ2n) is 5.22. The van der Waals surface area contributed by atoms with Crippen molar-refractivity contribution in [1.29, 1.82) is 0 Å². The van der Waals surface area contributed by atoms with Gasteiger partial charge in [0.1, 0.15) is 5.69 Å². The van der Waals surface area contributed by atoms with Crippen LogP contribution in [0.25, 0.3) is 0 Å². The van der Waals surface area contributed by atoms with Gasteiger partial charge in [-0.1, -0.05) is 0 Å². The van der Waals surface area contributed by atoms with Crippen LogP contribution >= 0.6 is 0 Å². The largest absolute Gasteiger partial charge is 0.481 e. The van der Waals surface area contributed by atoms with Gasteiger partial charge in [0, 0.05) is 37.6 Å². The summed E-state index contributed by atoms with van der Waals surface area (Å²) in [7, 11) is 1.58. The Labute approximate surface area is 128 Å². The summed E-state index contributed by atoms with van der Waals surface area (Å²) >= 11 is 0. The topological polar surface area (TPSA) is 83.1 Å². The highest BCUT2D eigenvalue weighted by Crippen LogP contribution is 2.17. The molecule has 0 atom stereocenters. The summed E-state index contributed by atoms with van der Waals surface area (Å²) in [4.78, 5) is 25.5. The zero-order valence-electron chi connectivity index (χ0n) is 12.5. The highest BCUT2D eigenvalue weighted by Gasteiger charge is 2.24. The number of H-pyrrole nitrogens is 1. The number of anilines is 1. The van der Waals surface area contributed by atoms with Crippen LogP contribution in [0, 0.1) is 0 Å². The molecular weight excluding hydrogens is 282 g/mol. The fraction of sp³-hybridized carbons (Fsp3) is 0.400. The van der Waals surface area contributed by atoms with Crippen LogP contribution < -0.4 is 10.1 Å². The van der Waals surface area contributed by atoms with Crippen LogP contribution in [0.3, 0.4) is 0 Å². The average Bonchev–Trinajstić information content (AvgIpc) is 3.09. The molecule has 1 saturated heterocycles. The van der Waals surface area contributed by atoms with E-state index in [-0.39, 0.29) is 11.9 Å². The van der Waals surface area contributed by atoms with Crippen LogP contribution in [0.2, 0.25) is 0 Å². The molecule has 0 aliphatic carbocycles. The number of hydrogen-bond acceptors (Lipinski definition) is 5. The van der Waals surface area contributed by atoms with E-state index >= 15 is 0 Å². The molecule has 1 amide bonds. The summed E-state index contributed by atoms with van der Waals surface area (Å²) in [5, 5.41) is 3.30. The summed E-state index contributed by atoms with van der Waals surface area (Å²) in [6.45, 7) is 1.44. The fourth-order valence-corrected chi connectivity index (χ4v) is 2.57. The molecule has 1 aliphatic rings. The molecule has 1 fully saturated rings. The van der Waals surface area contributed by atoms with Gasteiger partial charge in [-0.25, -0.2) is 4.98 Å². The van der Waals surface area contributed by atoms with Crippen molar-refractivity contribution < 1.29 is 9.53 Å². The lowest BCUT2D eigenvalue weighted by atomic mass is 10.0. The van der Waals surface area contributed by atoms with Crippen molar-refractivity contribution >= 4 is 11.9 Å². The molecular formula is C15H19N5O2. The quantitative estimate of drug-likeness (QED) is 0.895. The monoisotopic (exact) mass is 301 g/mol. The van der Waals surface area contributed by atoms with Crippen LogP contribution in [0.4, 0.5) is 5.95 Å². The van der Waals surface area contributed by atoms with E-state index < -0.39 is 0 Å². The van der Waals surface area contributed by atoms with Crippen LogP contribution in [-0.4, -0.2) is 52.0 Å². The predicted octanol–water partition coefficient (Wildman–Crippen LogP) is 1.53. The van der Waals surface area contributed by atoms with Gasteiger partial charge in [-0.3, -0.25) is 4.79 Å². The maximum atomic E-state index is 12.2. The van der Waals surface area contributed by atoms with Gasteiger partial charge in [0.15, 0.2) is 0 Å². The molecule has 3 heterocycles. The molecule has 0 radical (unpaired) electrons. The normalized spacial score (nSPS) is 15.6. The van der Waals surface area contributed by atoms with Crippen molar-refractivity contribution in [2.45, 2.75) is 18.9 Å². The standard InChI is InChI=1S/C15H19N5O2/c1-22-13-4-8-17-15(19-13)18-11-5-9-20(10-6-11)14(21)12-3-2-7-16-12/h2-4,7-8,11,16H,5-6,9-10H2,1H3,(H,17,18,19). The smallest absolute Gasteiger partial charge is 0.270 e. The number of amides is 1. The molecule has 7 nitrogen and oxygen atoms in total. The summed E-state index contributed by atoms with van der Waals surface area (Å²) < 4.78 is 5.09. The van der Waals surface area contributed by atoms with Gasteiger partial charge in [0.05, 0.1) is 7.11 Å². The van der Waals surface area contributed by atoms with Crippen LogP contribution in [0.15, 0.2) is 30.6 Å². The number of nitrogens with one attached hydrogen (secondary N) is 2. The summed E-state index contributed by atoms with van der Waals surface area (Å²) in [5.41, 5.74) is 0.641. The zero-order valence-corrected chi connectivity index (χ0v) is 12.5. The van der Waals surface area contributed by atoms with Crippen molar-refractivity contribution in [2.24, 2.45) is 0 Å². The van der Waals surface area contributed by atoms with Crippen molar-refractivity contribution in [1.82, 2.24) is 19.9 Å². The third-order valence-corrected chi connectivity index (χ3v) is 3.78. The molecule has 22 heavy (non-hydrogen) atoms. The van der Waals surface area contributed by atoms with E-state index in [2.05, 4.69) is 20.3 Å². The minimum Gasteiger partial charge on any atom is -0.481 e. The number of likely N-dealkylation sites (tertiary alicyclic amines) is 1. The van der Waals surface area contributed by atoms with E-state index in [9.17, 15) is 4.79 Å². The third-order valence-electron chi connectivity index (χ3n) is 3.78. The molecule has 0 saturated carbocycles. The maximum absolute atomic E-state index is 12.2. The summed E-state index contributed by atoms with van der Waals surface area (Å²) in [6.07, 6.45) is 5.17. The number of aromatic amines is 1. The highest BCUT2D eigenvalue weighted by molar-refractivity contribution is 5.92. The first-order chi connectivity index (χ1) is 10.8.